The monoisotopic (exact) mass is 389 g/mol. The molecule has 0 spiro atoms. The normalized spacial score (nSPS) is 14.3. The van der Waals surface area contributed by atoms with Gasteiger partial charge in [0.1, 0.15) is 22.7 Å². The molecular weight excluding hydrogens is 373 g/mol. The third-order valence-corrected chi connectivity index (χ3v) is 5.19. The lowest BCUT2D eigenvalue weighted by atomic mass is 10.1. The molecule has 8 heteroatoms. The number of carbonyl (C=O) groups excluding carboxylic acids is 1. The van der Waals surface area contributed by atoms with E-state index < -0.39 is 0 Å². The second kappa shape index (κ2) is 6.45. The molecular formula is C18H17Cl2N5O. The average molecular weight is 390 g/mol. The molecule has 0 saturated carbocycles. The zero-order chi connectivity index (χ0) is 18.4. The number of aryl methyl sites for hydroxylation is 1. The van der Waals surface area contributed by atoms with E-state index >= 15 is 0 Å². The molecule has 0 radical (unpaired) electrons. The number of benzene rings is 1. The van der Waals surface area contributed by atoms with Crippen molar-refractivity contribution in [2.24, 2.45) is 0 Å². The van der Waals surface area contributed by atoms with Gasteiger partial charge >= 0.3 is 0 Å². The summed E-state index contributed by atoms with van der Waals surface area (Å²) in [6.07, 6.45) is 2.03. The van der Waals surface area contributed by atoms with Gasteiger partial charge < -0.3 is 15.6 Å². The number of anilines is 1. The lowest BCUT2D eigenvalue weighted by Gasteiger charge is -2.16. The number of aromatic nitrogens is 3. The maximum atomic E-state index is 13.0. The van der Waals surface area contributed by atoms with Gasteiger partial charge in [-0.15, -0.1) is 0 Å². The summed E-state index contributed by atoms with van der Waals surface area (Å²) in [5.41, 5.74) is 8.88. The van der Waals surface area contributed by atoms with Crippen LogP contribution in [0.2, 0.25) is 10.0 Å². The number of imidazole rings is 1. The molecule has 2 aromatic heterocycles. The molecule has 4 rings (SSSR count). The first-order valence-corrected chi connectivity index (χ1v) is 9.12. The molecule has 1 saturated heterocycles. The number of likely N-dealkylation sites (tertiary alicyclic amines) is 1. The Hall–Kier alpha value is -2.31. The Kier molecular flexibility index (Phi) is 4.25. The second-order valence-corrected chi connectivity index (χ2v) is 7.23. The largest absolute Gasteiger partial charge is 0.382 e. The molecule has 6 nitrogen and oxygen atoms in total. The van der Waals surface area contributed by atoms with Gasteiger partial charge in [-0.25, -0.2) is 9.97 Å². The zero-order valence-corrected chi connectivity index (χ0v) is 15.7. The van der Waals surface area contributed by atoms with Gasteiger partial charge in [0.05, 0.1) is 16.3 Å². The Labute approximate surface area is 160 Å². The van der Waals surface area contributed by atoms with Crippen molar-refractivity contribution >= 4 is 46.0 Å². The van der Waals surface area contributed by atoms with E-state index in [0.29, 0.717) is 49.5 Å². The van der Waals surface area contributed by atoms with E-state index in [1.54, 1.807) is 25.1 Å². The minimum absolute atomic E-state index is 0.0576. The fraction of sp³-hybridized carbons (Fsp3) is 0.278. The minimum atomic E-state index is -0.0576. The lowest BCUT2D eigenvalue weighted by molar-refractivity contribution is 0.0793. The highest BCUT2D eigenvalue weighted by Gasteiger charge is 2.26. The van der Waals surface area contributed by atoms with E-state index in [4.69, 9.17) is 28.9 Å². The van der Waals surface area contributed by atoms with Crippen LogP contribution >= 0.6 is 23.2 Å². The van der Waals surface area contributed by atoms with Crippen molar-refractivity contribution in [2.75, 3.05) is 18.8 Å². The number of nitrogens with zero attached hydrogens (tertiary/aromatic N) is 3. The smallest absolute Gasteiger partial charge is 0.257 e. The number of carbonyl (C=O) groups is 1. The van der Waals surface area contributed by atoms with Crippen LogP contribution in [-0.4, -0.2) is 38.8 Å². The summed E-state index contributed by atoms with van der Waals surface area (Å²) in [7, 11) is 0. The third kappa shape index (κ3) is 2.79. The van der Waals surface area contributed by atoms with Crippen LogP contribution in [-0.2, 0) is 0 Å². The molecule has 134 valence electrons. The number of nitrogens with two attached hydrogens (primary N) is 1. The third-order valence-electron chi connectivity index (χ3n) is 4.64. The van der Waals surface area contributed by atoms with E-state index in [9.17, 15) is 4.79 Å². The fourth-order valence-corrected chi connectivity index (χ4v) is 3.84. The Bertz CT molecular complexity index is 1020. The summed E-state index contributed by atoms with van der Waals surface area (Å²) >= 11 is 12.3. The molecule has 1 amide bonds. The molecule has 0 unspecified atom stereocenters. The zero-order valence-electron chi connectivity index (χ0n) is 14.1. The quantitative estimate of drug-likeness (QED) is 0.691. The number of pyridine rings is 1. The van der Waals surface area contributed by atoms with Crippen molar-refractivity contribution in [1.82, 2.24) is 19.9 Å². The predicted molar refractivity (Wildman–Crippen MR) is 104 cm³/mol. The first-order valence-electron chi connectivity index (χ1n) is 8.36. The Balaban J connectivity index is 1.90. The summed E-state index contributed by atoms with van der Waals surface area (Å²) in [6, 6.07) is 5.16. The Morgan fingerprint density at radius 1 is 1.23 bits per heavy atom. The van der Waals surface area contributed by atoms with Crippen molar-refractivity contribution in [3.05, 3.63) is 39.5 Å². The molecule has 1 aliphatic heterocycles. The maximum absolute atomic E-state index is 13.0. The second-order valence-electron chi connectivity index (χ2n) is 6.39. The minimum Gasteiger partial charge on any atom is -0.382 e. The van der Waals surface area contributed by atoms with Crippen molar-refractivity contribution in [2.45, 2.75) is 19.8 Å². The number of rotatable bonds is 2. The van der Waals surface area contributed by atoms with E-state index in [2.05, 4.69) is 15.0 Å². The van der Waals surface area contributed by atoms with Crippen LogP contribution in [0.1, 0.15) is 28.9 Å². The van der Waals surface area contributed by atoms with Gasteiger partial charge in [0.25, 0.3) is 5.91 Å². The summed E-state index contributed by atoms with van der Waals surface area (Å²) in [6.45, 7) is 3.29. The molecule has 0 bridgehead atoms. The van der Waals surface area contributed by atoms with Crippen LogP contribution in [0.4, 0.5) is 5.82 Å². The fourth-order valence-electron chi connectivity index (χ4n) is 3.35. The van der Waals surface area contributed by atoms with E-state index in [1.165, 1.54) is 0 Å². The van der Waals surface area contributed by atoms with E-state index in [-0.39, 0.29) is 5.91 Å². The maximum Gasteiger partial charge on any atom is 0.257 e. The number of nitrogen functional groups attached to an aromatic ring is 1. The van der Waals surface area contributed by atoms with E-state index in [1.807, 2.05) is 4.90 Å². The van der Waals surface area contributed by atoms with Gasteiger partial charge in [-0.05, 0) is 38.0 Å². The SMILES string of the molecule is Cc1nc(N)c2[nH]c(-c3ccc(Cl)cc3Cl)nc2c1C(=O)N1CCCC1. The Morgan fingerprint density at radius 2 is 1.96 bits per heavy atom. The average Bonchev–Trinajstić information content (AvgIpc) is 3.24. The van der Waals surface area contributed by atoms with Crippen LogP contribution in [0.3, 0.4) is 0 Å². The highest BCUT2D eigenvalue weighted by atomic mass is 35.5. The Morgan fingerprint density at radius 3 is 2.65 bits per heavy atom. The number of fused-ring (bicyclic) bond motifs is 1. The van der Waals surface area contributed by atoms with Crippen LogP contribution in [0, 0.1) is 6.92 Å². The van der Waals surface area contributed by atoms with Gasteiger partial charge in [0, 0.05) is 23.7 Å². The molecule has 1 aliphatic rings. The topological polar surface area (TPSA) is 87.9 Å². The molecule has 3 aromatic rings. The first-order chi connectivity index (χ1) is 12.5. The van der Waals surface area contributed by atoms with Gasteiger partial charge in [0.2, 0.25) is 0 Å². The molecule has 1 aromatic carbocycles. The number of H-pyrrole nitrogens is 1. The van der Waals surface area contributed by atoms with Gasteiger partial charge in [-0.3, -0.25) is 4.79 Å². The number of hydrogen-bond donors (Lipinski definition) is 2. The molecule has 3 heterocycles. The molecule has 26 heavy (non-hydrogen) atoms. The standard InChI is InChI=1S/C18H17Cl2N5O/c1-9-13(18(26)25-6-2-3-7-25)14-15(16(21)22-9)24-17(23-14)11-5-4-10(19)8-12(11)20/h4-5,8H,2-3,6-7H2,1H3,(H2,21,22)(H,23,24). The van der Waals surface area contributed by atoms with Crippen molar-refractivity contribution in [3.63, 3.8) is 0 Å². The van der Waals surface area contributed by atoms with Crippen molar-refractivity contribution in [3.8, 4) is 11.4 Å². The molecule has 3 N–H and O–H groups in total. The van der Waals surface area contributed by atoms with Gasteiger partial charge in [-0.1, -0.05) is 23.2 Å². The summed E-state index contributed by atoms with van der Waals surface area (Å²) in [5.74, 6) is 0.772. The highest BCUT2D eigenvalue weighted by Crippen LogP contribution is 2.33. The molecule has 0 aliphatic carbocycles. The molecule has 1 fully saturated rings. The predicted octanol–water partition coefficient (Wildman–Crippen LogP) is 4.06. The van der Waals surface area contributed by atoms with Crippen molar-refractivity contribution < 1.29 is 4.79 Å². The number of nitrogens with one attached hydrogen (secondary N) is 1. The number of hydrogen-bond acceptors (Lipinski definition) is 4. The molecule has 0 atom stereocenters. The van der Waals surface area contributed by atoms with Crippen molar-refractivity contribution in [1.29, 1.82) is 0 Å². The number of halogens is 2. The summed E-state index contributed by atoms with van der Waals surface area (Å²) in [4.78, 5) is 27.0. The highest BCUT2D eigenvalue weighted by molar-refractivity contribution is 6.36. The van der Waals surface area contributed by atoms with Crippen LogP contribution < -0.4 is 5.73 Å². The van der Waals surface area contributed by atoms with Crippen LogP contribution in [0.5, 0.6) is 0 Å². The number of aromatic amines is 1. The van der Waals surface area contributed by atoms with E-state index in [0.717, 1.165) is 25.9 Å². The summed E-state index contributed by atoms with van der Waals surface area (Å²) in [5, 5.41) is 1.00. The lowest BCUT2D eigenvalue weighted by Crippen LogP contribution is -2.28. The van der Waals surface area contributed by atoms with Gasteiger partial charge in [-0.2, -0.15) is 0 Å². The van der Waals surface area contributed by atoms with Crippen LogP contribution in [0.15, 0.2) is 18.2 Å². The number of amides is 1. The summed E-state index contributed by atoms with van der Waals surface area (Å²) < 4.78 is 0. The first kappa shape index (κ1) is 17.1. The van der Waals surface area contributed by atoms with Gasteiger partial charge in [0.15, 0.2) is 0 Å². The van der Waals surface area contributed by atoms with Crippen LogP contribution in [0.25, 0.3) is 22.4 Å².